The first-order valence-electron chi connectivity index (χ1n) is 11.4. The van der Waals surface area contributed by atoms with E-state index in [0.29, 0.717) is 29.3 Å². The third-order valence-electron chi connectivity index (χ3n) is 6.22. The number of ether oxygens (including phenoxy) is 2. The molecule has 0 spiro atoms. The maximum Gasteiger partial charge on any atom is 0.339 e. The van der Waals surface area contributed by atoms with Gasteiger partial charge in [0, 0.05) is 11.5 Å². The predicted octanol–water partition coefficient (Wildman–Crippen LogP) is 5.18. The molecule has 4 aromatic rings. The van der Waals surface area contributed by atoms with Gasteiger partial charge >= 0.3 is 5.97 Å². The van der Waals surface area contributed by atoms with E-state index in [-0.39, 0.29) is 17.1 Å². The number of hydrogen-bond donors (Lipinski definition) is 2. The lowest BCUT2D eigenvalue weighted by molar-refractivity contribution is 0.0474. The van der Waals surface area contributed by atoms with Crippen molar-refractivity contribution < 1.29 is 29.3 Å². The molecule has 1 aromatic heterocycles. The van der Waals surface area contributed by atoms with Crippen molar-refractivity contribution in [2.45, 2.75) is 12.8 Å². The number of carbonyl (C=O) groups excluding carboxylic acids is 2. The number of para-hydroxylation sites is 1. The van der Waals surface area contributed by atoms with Crippen molar-refractivity contribution in [2.24, 2.45) is 0 Å². The molecule has 0 unspecified atom stereocenters. The van der Waals surface area contributed by atoms with Crippen LogP contribution in [-0.2, 0) is 11.2 Å². The van der Waals surface area contributed by atoms with Gasteiger partial charge in [0.05, 0.1) is 29.4 Å². The van der Waals surface area contributed by atoms with E-state index in [1.165, 1.54) is 12.1 Å². The van der Waals surface area contributed by atoms with Crippen LogP contribution in [0.2, 0.25) is 0 Å². The van der Waals surface area contributed by atoms with E-state index in [2.05, 4.69) is 6.08 Å². The number of aromatic hydroxyl groups is 2. The fourth-order valence-electron chi connectivity index (χ4n) is 4.45. The number of esters is 1. The minimum atomic E-state index is -0.623. The van der Waals surface area contributed by atoms with Crippen LogP contribution in [0.3, 0.4) is 0 Å². The summed E-state index contributed by atoms with van der Waals surface area (Å²) in [5.41, 5.74) is 4.58. The van der Waals surface area contributed by atoms with Crippen molar-refractivity contribution in [2.75, 3.05) is 13.7 Å². The van der Waals surface area contributed by atoms with Gasteiger partial charge in [-0.25, -0.2) is 9.78 Å². The lowest BCUT2D eigenvalue weighted by Gasteiger charge is -2.12. The molecule has 7 heteroatoms. The van der Waals surface area contributed by atoms with E-state index < -0.39 is 18.4 Å². The number of ketones is 1. The van der Waals surface area contributed by atoms with Gasteiger partial charge in [0.25, 0.3) is 0 Å². The van der Waals surface area contributed by atoms with Crippen molar-refractivity contribution in [1.82, 2.24) is 4.98 Å². The monoisotopic (exact) mass is 481 g/mol. The van der Waals surface area contributed by atoms with Crippen LogP contribution in [0.5, 0.6) is 17.2 Å². The highest BCUT2D eigenvalue weighted by atomic mass is 16.5. The van der Waals surface area contributed by atoms with Crippen LogP contribution in [0.4, 0.5) is 0 Å². The Kier molecular flexibility index (Phi) is 6.12. The number of phenols is 2. The number of fused-ring (bicyclic) bond motifs is 2. The summed E-state index contributed by atoms with van der Waals surface area (Å²) in [4.78, 5) is 30.7. The standard InChI is InChI=1S/C29H23NO6/c1-35-20-10-6-17(7-11-20)14-18-8-12-23-27(21-4-2-3-5-24(21)30-28(18)23)29(34)36-16-26(33)22-13-9-19(31)15-25(22)32/h2-7,9-11,13-15,31-32H,8,12,16H2,1H3/b18-14-. The summed E-state index contributed by atoms with van der Waals surface area (Å²) in [6, 6.07) is 18.7. The molecule has 0 aliphatic heterocycles. The normalized spacial score (nSPS) is 13.5. The van der Waals surface area contributed by atoms with E-state index in [0.717, 1.165) is 34.2 Å². The second-order valence-electron chi connectivity index (χ2n) is 8.47. The maximum atomic E-state index is 13.3. The van der Waals surface area contributed by atoms with Gasteiger partial charge in [0.2, 0.25) is 5.78 Å². The first-order chi connectivity index (χ1) is 17.4. The molecule has 5 rings (SSSR count). The Hall–Kier alpha value is -4.65. The fourth-order valence-corrected chi connectivity index (χ4v) is 4.45. The molecule has 0 radical (unpaired) electrons. The number of hydrogen-bond acceptors (Lipinski definition) is 7. The lowest BCUT2D eigenvalue weighted by atomic mass is 10.0. The first-order valence-corrected chi connectivity index (χ1v) is 11.4. The number of aromatic nitrogens is 1. The number of Topliss-reactive ketones (excluding diaryl/α,β-unsaturated/α-hetero) is 1. The van der Waals surface area contributed by atoms with Gasteiger partial charge in [-0.15, -0.1) is 0 Å². The Balaban J connectivity index is 1.47. The molecule has 0 fully saturated rings. The Morgan fingerprint density at radius 3 is 2.53 bits per heavy atom. The topological polar surface area (TPSA) is 106 Å². The van der Waals surface area contributed by atoms with Crippen molar-refractivity contribution in [3.05, 3.63) is 94.7 Å². The number of nitrogens with zero attached hydrogens (tertiary/aromatic N) is 1. The molecule has 0 amide bonds. The molecule has 2 N–H and O–H groups in total. The Morgan fingerprint density at radius 1 is 1.00 bits per heavy atom. The summed E-state index contributed by atoms with van der Waals surface area (Å²) in [6.07, 6.45) is 3.39. The number of carbonyl (C=O) groups is 2. The second kappa shape index (κ2) is 9.54. The molecule has 1 aliphatic carbocycles. The number of phenolic OH excluding ortho intramolecular Hbond substituents is 2. The third-order valence-corrected chi connectivity index (χ3v) is 6.22. The Morgan fingerprint density at radius 2 is 1.78 bits per heavy atom. The minimum Gasteiger partial charge on any atom is -0.508 e. The van der Waals surface area contributed by atoms with E-state index in [4.69, 9.17) is 14.5 Å². The fraction of sp³-hybridized carbons (Fsp3) is 0.138. The summed E-state index contributed by atoms with van der Waals surface area (Å²) >= 11 is 0. The summed E-state index contributed by atoms with van der Waals surface area (Å²) in [7, 11) is 1.62. The highest BCUT2D eigenvalue weighted by molar-refractivity contribution is 6.08. The average Bonchev–Trinajstić information content (AvgIpc) is 3.28. The Labute approximate surface area is 207 Å². The van der Waals surface area contributed by atoms with Crippen LogP contribution in [0.1, 0.15) is 44.0 Å². The van der Waals surface area contributed by atoms with E-state index >= 15 is 0 Å². The number of benzene rings is 3. The third kappa shape index (κ3) is 4.38. The largest absolute Gasteiger partial charge is 0.508 e. The molecule has 7 nitrogen and oxygen atoms in total. The van der Waals surface area contributed by atoms with Crippen LogP contribution in [0.25, 0.3) is 22.6 Å². The SMILES string of the molecule is COc1ccc(/C=C2/CCc3c2nc2ccccc2c3C(=O)OCC(=O)c2ccc(O)cc2O)cc1. The second-order valence-corrected chi connectivity index (χ2v) is 8.47. The zero-order valence-corrected chi connectivity index (χ0v) is 19.5. The van der Waals surface area contributed by atoms with Gasteiger partial charge in [-0.05, 0) is 65.9 Å². The zero-order chi connectivity index (χ0) is 25.2. The van der Waals surface area contributed by atoms with Crippen LogP contribution in [0, 0.1) is 0 Å². The number of pyridine rings is 1. The predicted molar refractivity (Wildman–Crippen MR) is 135 cm³/mol. The summed E-state index contributed by atoms with van der Waals surface area (Å²) in [5, 5.41) is 20.0. The smallest absolute Gasteiger partial charge is 0.339 e. The molecule has 0 atom stereocenters. The molecule has 1 heterocycles. The highest BCUT2D eigenvalue weighted by Crippen LogP contribution is 2.38. The van der Waals surface area contributed by atoms with Crippen LogP contribution < -0.4 is 4.74 Å². The van der Waals surface area contributed by atoms with Crippen LogP contribution >= 0.6 is 0 Å². The number of methoxy groups -OCH3 is 1. The molecular formula is C29H23NO6. The lowest BCUT2D eigenvalue weighted by Crippen LogP contribution is -2.16. The molecule has 0 saturated carbocycles. The van der Waals surface area contributed by atoms with Gasteiger partial charge in [-0.1, -0.05) is 30.3 Å². The van der Waals surface area contributed by atoms with Crippen molar-refractivity contribution in [3.8, 4) is 17.2 Å². The summed E-state index contributed by atoms with van der Waals surface area (Å²) < 4.78 is 10.7. The zero-order valence-electron chi connectivity index (χ0n) is 19.5. The first kappa shape index (κ1) is 23.1. The molecular weight excluding hydrogens is 458 g/mol. The van der Waals surface area contributed by atoms with Gasteiger partial charge in [0.15, 0.2) is 6.61 Å². The van der Waals surface area contributed by atoms with E-state index in [9.17, 15) is 19.8 Å². The molecule has 3 aromatic carbocycles. The highest BCUT2D eigenvalue weighted by Gasteiger charge is 2.28. The molecule has 180 valence electrons. The van der Waals surface area contributed by atoms with Crippen LogP contribution in [0.15, 0.2) is 66.7 Å². The number of rotatable bonds is 6. The van der Waals surface area contributed by atoms with Crippen molar-refractivity contribution >= 4 is 34.3 Å². The van der Waals surface area contributed by atoms with Gasteiger partial charge in [0.1, 0.15) is 17.2 Å². The van der Waals surface area contributed by atoms with Crippen molar-refractivity contribution in [1.29, 1.82) is 0 Å². The molecule has 0 bridgehead atoms. The van der Waals surface area contributed by atoms with Gasteiger partial charge in [-0.3, -0.25) is 4.79 Å². The number of allylic oxidation sites excluding steroid dienone is 1. The summed E-state index contributed by atoms with van der Waals surface area (Å²) in [5.74, 6) is -0.968. The van der Waals surface area contributed by atoms with E-state index in [1.807, 2.05) is 48.5 Å². The minimum absolute atomic E-state index is 0.0323. The molecule has 36 heavy (non-hydrogen) atoms. The molecule has 1 aliphatic rings. The average molecular weight is 482 g/mol. The maximum absolute atomic E-state index is 13.3. The summed E-state index contributed by atoms with van der Waals surface area (Å²) in [6.45, 7) is -0.545. The van der Waals surface area contributed by atoms with Gasteiger partial charge in [-0.2, -0.15) is 0 Å². The quantitative estimate of drug-likeness (QED) is 0.289. The van der Waals surface area contributed by atoms with Crippen molar-refractivity contribution in [3.63, 3.8) is 0 Å². The van der Waals surface area contributed by atoms with Gasteiger partial charge < -0.3 is 19.7 Å². The molecule has 0 saturated heterocycles. The van der Waals surface area contributed by atoms with Crippen LogP contribution in [-0.4, -0.2) is 40.7 Å². The Bertz CT molecular complexity index is 1520. The van der Waals surface area contributed by atoms with E-state index in [1.54, 1.807) is 7.11 Å².